The molecule has 0 bridgehead atoms. The van der Waals surface area contributed by atoms with Crippen molar-refractivity contribution in [3.05, 3.63) is 0 Å². The zero-order valence-electron chi connectivity index (χ0n) is 12.5. The van der Waals surface area contributed by atoms with E-state index in [9.17, 15) is 8.42 Å². The van der Waals surface area contributed by atoms with Gasteiger partial charge < -0.3 is 11.1 Å². The fourth-order valence-corrected chi connectivity index (χ4v) is 2.25. The molecule has 7 heteroatoms. The van der Waals surface area contributed by atoms with E-state index in [1.54, 1.807) is 14.0 Å². The number of hydrogen-bond acceptors (Lipinski definition) is 3. The van der Waals surface area contributed by atoms with Gasteiger partial charge in [0.25, 0.3) is 0 Å². The summed E-state index contributed by atoms with van der Waals surface area (Å²) in [7, 11) is -1.49. The normalized spacial score (nSPS) is 13.3. The van der Waals surface area contributed by atoms with Crippen molar-refractivity contribution in [2.75, 3.05) is 32.4 Å². The first-order chi connectivity index (χ1) is 8.79. The van der Waals surface area contributed by atoms with Crippen LogP contribution in [0.3, 0.4) is 0 Å². The Kier molecular flexibility index (Phi) is 8.75. The van der Waals surface area contributed by atoms with E-state index in [4.69, 9.17) is 5.73 Å². The number of hydrogen-bond donors (Lipinski definition) is 2. The molecule has 0 spiro atoms. The molecule has 0 radical (unpaired) electrons. The summed E-state index contributed by atoms with van der Waals surface area (Å²) in [5, 5.41) is 3.04. The van der Waals surface area contributed by atoms with Gasteiger partial charge in [-0.05, 0) is 25.7 Å². The molecule has 0 unspecified atom stereocenters. The molecule has 0 amide bonds. The Bertz CT molecular complexity index is 366. The first-order valence-electron chi connectivity index (χ1n) is 6.77. The van der Waals surface area contributed by atoms with Crippen molar-refractivity contribution in [2.24, 2.45) is 16.6 Å². The second kappa shape index (κ2) is 9.14. The van der Waals surface area contributed by atoms with E-state index >= 15 is 0 Å². The van der Waals surface area contributed by atoms with Gasteiger partial charge in [-0.25, -0.2) is 12.7 Å². The van der Waals surface area contributed by atoms with E-state index in [0.717, 1.165) is 13.0 Å². The Balaban J connectivity index is 3.84. The van der Waals surface area contributed by atoms with Crippen LogP contribution in [0.4, 0.5) is 0 Å². The Morgan fingerprint density at radius 2 is 2.05 bits per heavy atom. The lowest BCUT2D eigenvalue weighted by Crippen LogP contribution is -2.33. The van der Waals surface area contributed by atoms with Crippen LogP contribution in [-0.2, 0) is 10.0 Å². The van der Waals surface area contributed by atoms with Gasteiger partial charge in [0.05, 0.1) is 5.75 Å². The van der Waals surface area contributed by atoms with Crippen molar-refractivity contribution in [3.8, 4) is 0 Å². The molecule has 0 aliphatic rings. The van der Waals surface area contributed by atoms with Crippen LogP contribution in [-0.4, -0.2) is 51.1 Å². The minimum Gasteiger partial charge on any atom is -0.370 e. The summed E-state index contributed by atoms with van der Waals surface area (Å²) >= 11 is 0. The van der Waals surface area contributed by atoms with Crippen molar-refractivity contribution >= 4 is 16.0 Å². The fourth-order valence-electron chi connectivity index (χ4n) is 1.40. The maximum atomic E-state index is 11.5. The van der Waals surface area contributed by atoms with Gasteiger partial charge in [-0.2, -0.15) is 0 Å². The Morgan fingerprint density at radius 3 is 2.58 bits per heavy atom. The Hall–Kier alpha value is -0.820. The van der Waals surface area contributed by atoms with Gasteiger partial charge >= 0.3 is 0 Å². The lowest BCUT2D eigenvalue weighted by molar-refractivity contribution is 0.465. The maximum absolute atomic E-state index is 11.5. The van der Waals surface area contributed by atoms with Crippen LogP contribution in [0.5, 0.6) is 0 Å². The summed E-state index contributed by atoms with van der Waals surface area (Å²) < 4.78 is 24.3. The van der Waals surface area contributed by atoms with Gasteiger partial charge in [0.1, 0.15) is 0 Å². The SMILES string of the molecule is CCS(=O)(=O)N(C)CCCN=C(N)NCCC(C)C. The van der Waals surface area contributed by atoms with Crippen molar-refractivity contribution in [1.82, 2.24) is 9.62 Å². The molecule has 3 N–H and O–H groups in total. The van der Waals surface area contributed by atoms with Crippen LogP contribution < -0.4 is 11.1 Å². The van der Waals surface area contributed by atoms with Crippen LogP contribution in [0, 0.1) is 5.92 Å². The maximum Gasteiger partial charge on any atom is 0.213 e. The lowest BCUT2D eigenvalue weighted by atomic mass is 10.1. The monoisotopic (exact) mass is 292 g/mol. The number of nitrogens with two attached hydrogens (primary N) is 1. The van der Waals surface area contributed by atoms with E-state index in [-0.39, 0.29) is 5.75 Å². The second-order valence-electron chi connectivity index (χ2n) is 4.95. The highest BCUT2D eigenvalue weighted by molar-refractivity contribution is 7.89. The van der Waals surface area contributed by atoms with E-state index in [1.165, 1.54) is 4.31 Å². The van der Waals surface area contributed by atoms with Gasteiger partial charge in [0.15, 0.2) is 5.96 Å². The van der Waals surface area contributed by atoms with Gasteiger partial charge in [0.2, 0.25) is 10.0 Å². The highest BCUT2D eigenvalue weighted by Gasteiger charge is 2.13. The molecule has 114 valence electrons. The number of guanidine groups is 1. The quantitative estimate of drug-likeness (QED) is 0.370. The van der Waals surface area contributed by atoms with E-state index < -0.39 is 10.0 Å². The Morgan fingerprint density at radius 1 is 1.42 bits per heavy atom. The van der Waals surface area contributed by atoms with Crippen LogP contribution in [0.15, 0.2) is 4.99 Å². The molecule has 19 heavy (non-hydrogen) atoms. The summed E-state index contributed by atoms with van der Waals surface area (Å²) in [4.78, 5) is 4.16. The summed E-state index contributed by atoms with van der Waals surface area (Å²) in [6, 6.07) is 0. The molecule has 0 aromatic heterocycles. The van der Waals surface area contributed by atoms with Gasteiger partial charge in [-0.15, -0.1) is 0 Å². The molecule has 0 rings (SSSR count). The van der Waals surface area contributed by atoms with Crippen molar-refractivity contribution in [2.45, 2.75) is 33.6 Å². The van der Waals surface area contributed by atoms with Crippen LogP contribution in [0.2, 0.25) is 0 Å². The van der Waals surface area contributed by atoms with Crippen molar-refractivity contribution in [3.63, 3.8) is 0 Å². The highest BCUT2D eigenvalue weighted by atomic mass is 32.2. The molecule has 0 saturated carbocycles. The minimum atomic E-state index is -3.08. The molecule has 0 heterocycles. The molecule has 0 saturated heterocycles. The summed E-state index contributed by atoms with van der Waals surface area (Å²) in [5.74, 6) is 1.20. The van der Waals surface area contributed by atoms with Crippen LogP contribution >= 0.6 is 0 Å². The average Bonchev–Trinajstić information content (AvgIpc) is 2.33. The predicted octanol–water partition coefficient (Wildman–Crippen LogP) is 0.608. The molecule has 0 aliphatic heterocycles. The number of nitrogens with zero attached hydrogens (tertiary/aromatic N) is 2. The summed E-state index contributed by atoms with van der Waals surface area (Å²) in [6.45, 7) is 7.76. The third kappa shape index (κ3) is 8.83. The fraction of sp³-hybridized carbons (Fsp3) is 0.917. The number of aliphatic imine (C=N–C) groups is 1. The standard InChI is InChI=1S/C12H28N4O2S/c1-5-19(17,18)16(4)10-6-8-14-12(13)15-9-7-11(2)3/h11H,5-10H2,1-4H3,(H3,13,14,15). The molecule has 0 aromatic carbocycles. The summed E-state index contributed by atoms with van der Waals surface area (Å²) in [5.41, 5.74) is 5.70. The highest BCUT2D eigenvalue weighted by Crippen LogP contribution is 1.99. The zero-order valence-corrected chi connectivity index (χ0v) is 13.3. The summed E-state index contributed by atoms with van der Waals surface area (Å²) in [6.07, 6.45) is 1.72. The Labute approximate surface area is 117 Å². The number of nitrogens with one attached hydrogen (secondary N) is 1. The third-order valence-corrected chi connectivity index (χ3v) is 4.64. The van der Waals surface area contributed by atoms with Gasteiger partial charge in [-0.1, -0.05) is 13.8 Å². The molecule has 6 nitrogen and oxygen atoms in total. The number of sulfonamides is 1. The predicted molar refractivity (Wildman–Crippen MR) is 80.7 cm³/mol. The smallest absolute Gasteiger partial charge is 0.213 e. The topological polar surface area (TPSA) is 87.8 Å². The van der Waals surface area contributed by atoms with Gasteiger partial charge in [0, 0.05) is 26.7 Å². The first kappa shape index (κ1) is 18.2. The number of rotatable bonds is 9. The van der Waals surface area contributed by atoms with E-state index in [2.05, 4.69) is 24.2 Å². The van der Waals surface area contributed by atoms with E-state index in [0.29, 0.717) is 31.4 Å². The molecule has 0 aromatic rings. The van der Waals surface area contributed by atoms with Crippen molar-refractivity contribution < 1.29 is 8.42 Å². The molecular formula is C12H28N4O2S. The zero-order chi connectivity index (χ0) is 14.9. The second-order valence-corrected chi connectivity index (χ2v) is 7.32. The van der Waals surface area contributed by atoms with Crippen LogP contribution in [0.1, 0.15) is 33.6 Å². The van der Waals surface area contributed by atoms with Gasteiger partial charge in [-0.3, -0.25) is 4.99 Å². The average molecular weight is 292 g/mol. The molecular weight excluding hydrogens is 264 g/mol. The van der Waals surface area contributed by atoms with E-state index in [1.807, 2.05) is 0 Å². The minimum absolute atomic E-state index is 0.131. The third-order valence-electron chi connectivity index (χ3n) is 2.78. The largest absolute Gasteiger partial charge is 0.370 e. The molecule has 0 atom stereocenters. The first-order valence-corrected chi connectivity index (χ1v) is 8.38. The molecule has 0 fully saturated rings. The molecule has 0 aliphatic carbocycles. The lowest BCUT2D eigenvalue weighted by Gasteiger charge is -2.15. The van der Waals surface area contributed by atoms with Crippen molar-refractivity contribution in [1.29, 1.82) is 0 Å². The van der Waals surface area contributed by atoms with Crippen LogP contribution in [0.25, 0.3) is 0 Å².